The van der Waals surface area contributed by atoms with Gasteiger partial charge in [-0.3, -0.25) is 10.3 Å². The fourth-order valence-corrected chi connectivity index (χ4v) is 1.14. The lowest BCUT2D eigenvalue weighted by Crippen LogP contribution is -2.46. The van der Waals surface area contributed by atoms with Crippen LogP contribution in [0.5, 0.6) is 0 Å². The zero-order chi connectivity index (χ0) is 6.91. The average Bonchev–Trinajstić information content (AvgIpc) is 1.60. The van der Waals surface area contributed by atoms with Crippen molar-refractivity contribution in [2.24, 2.45) is 4.99 Å². The van der Waals surface area contributed by atoms with Gasteiger partial charge in [-0.25, -0.2) is 0 Å². The molecule has 0 aromatic rings. The second-order valence-corrected chi connectivity index (χ2v) is 3.15. The number of nitrogens with one attached hydrogen (secondary N) is 1. The molecule has 0 radical (unpaired) electrons. The van der Waals surface area contributed by atoms with Gasteiger partial charge in [0.2, 0.25) is 0 Å². The lowest BCUT2D eigenvalue weighted by atomic mass is 10.1. The predicted octanol–water partition coefficient (Wildman–Crippen LogP) is 1.18. The summed E-state index contributed by atoms with van der Waals surface area (Å²) in [7, 11) is 0. The lowest BCUT2D eigenvalue weighted by Gasteiger charge is -2.29. The van der Waals surface area contributed by atoms with Gasteiger partial charge in [0.05, 0.1) is 0 Å². The van der Waals surface area contributed by atoms with Crippen molar-refractivity contribution in [1.82, 2.24) is 5.32 Å². The van der Waals surface area contributed by atoms with E-state index >= 15 is 0 Å². The SMILES string of the molecule is CC1CC=NC(C)(C)N1. The van der Waals surface area contributed by atoms with Gasteiger partial charge in [-0.1, -0.05) is 0 Å². The molecule has 1 rings (SSSR count). The first kappa shape index (κ1) is 6.75. The van der Waals surface area contributed by atoms with Crippen LogP contribution in [-0.4, -0.2) is 17.9 Å². The highest BCUT2D eigenvalue weighted by atomic mass is 15.2. The number of hydrogen-bond acceptors (Lipinski definition) is 2. The highest BCUT2D eigenvalue weighted by Gasteiger charge is 2.20. The van der Waals surface area contributed by atoms with Crippen LogP contribution < -0.4 is 5.32 Å². The Morgan fingerprint density at radius 1 is 1.67 bits per heavy atom. The summed E-state index contributed by atoms with van der Waals surface area (Å²) in [5, 5.41) is 3.36. The standard InChI is InChI=1S/C7H14N2/c1-6-4-5-8-7(2,3)9-6/h5-6,9H,4H2,1-3H3. The molecular weight excluding hydrogens is 112 g/mol. The van der Waals surface area contributed by atoms with Crippen LogP contribution in [0.2, 0.25) is 0 Å². The fraction of sp³-hybridized carbons (Fsp3) is 0.857. The molecule has 0 saturated heterocycles. The monoisotopic (exact) mass is 126 g/mol. The third-order valence-corrected chi connectivity index (χ3v) is 1.47. The van der Waals surface area contributed by atoms with Crippen molar-refractivity contribution in [3.05, 3.63) is 0 Å². The predicted molar refractivity (Wildman–Crippen MR) is 39.8 cm³/mol. The highest BCUT2D eigenvalue weighted by Crippen LogP contribution is 2.10. The van der Waals surface area contributed by atoms with E-state index in [1.807, 2.05) is 6.21 Å². The van der Waals surface area contributed by atoms with E-state index in [-0.39, 0.29) is 5.66 Å². The molecule has 2 heteroatoms. The van der Waals surface area contributed by atoms with Crippen molar-refractivity contribution in [3.63, 3.8) is 0 Å². The van der Waals surface area contributed by atoms with Gasteiger partial charge >= 0.3 is 0 Å². The van der Waals surface area contributed by atoms with Crippen molar-refractivity contribution in [2.75, 3.05) is 0 Å². The Labute approximate surface area is 56.4 Å². The summed E-state index contributed by atoms with van der Waals surface area (Å²) >= 11 is 0. The second kappa shape index (κ2) is 2.10. The first-order chi connectivity index (χ1) is 4.10. The molecule has 0 aromatic carbocycles. The minimum absolute atomic E-state index is 0.0301. The van der Waals surface area contributed by atoms with Crippen LogP contribution in [0.3, 0.4) is 0 Å². The molecule has 0 spiro atoms. The number of nitrogens with zero attached hydrogens (tertiary/aromatic N) is 1. The third kappa shape index (κ3) is 1.79. The Morgan fingerprint density at radius 3 is 2.67 bits per heavy atom. The fourth-order valence-electron chi connectivity index (χ4n) is 1.14. The third-order valence-electron chi connectivity index (χ3n) is 1.47. The van der Waals surface area contributed by atoms with E-state index in [9.17, 15) is 0 Å². The van der Waals surface area contributed by atoms with E-state index in [4.69, 9.17) is 0 Å². The van der Waals surface area contributed by atoms with Gasteiger partial charge in [0, 0.05) is 12.3 Å². The van der Waals surface area contributed by atoms with Gasteiger partial charge in [-0.15, -0.1) is 0 Å². The summed E-state index contributed by atoms with van der Waals surface area (Å²) in [4.78, 5) is 4.28. The zero-order valence-corrected chi connectivity index (χ0v) is 6.31. The molecule has 1 atom stereocenters. The Balaban J connectivity index is 2.60. The topological polar surface area (TPSA) is 24.4 Å². The maximum atomic E-state index is 4.28. The maximum Gasteiger partial charge on any atom is 0.104 e. The summed E-state index contributed by atoms with van der Waals surface area (Å²) in [6, 6.07) is 0.581. The Hall–Kier alpha value is -0.370. The van der Waals surface area contributed by atoms with Crippen molar-refractivity contribution in [1.29, 1.82) is 0 Å². The summed E-state index contributed by atoms with van der Waals surface area (Å²) in [6.07, 6.45) is 3.06. The quantitative estimate of drug-likeness (QED) is 0.517. The average molecular weight is 126 g/mol. The van der Waals surface area contributed by atoms with E-state index in [1.54, 1.807) is 0 Å². The molecule has 1 heterocycles. The Bertz CT molecular complexity index is 127. The van der Waals surface area contributed by atoms with Gasteiger partial charge in [-0.05, 0) is 27.2 Å². The van der Waals surface area contributed by atoms with Gasteiger partial charge < -0.3 is 0 Å². The summed E-state index contributed by atoms with van der Waals surface area (Å²) in [5.41, 5.74) is -0.0301. The van der Waals surface area contributed by atoms with Gasteiger partial charge in [0.15, 0.2) is 0 Å². The number of hydrogen-bond donors (Lipinski definition) is 1. The van der Waals surface area contributed by atoms with Crippen LogP contribution in [0.15, 0.2) is 4.99 Å². The molecule has 1 N–H and O–H groups in total. The van der Waals surface area contributed by atoms with E-state index in [2.05, 4.69) is 31.1 Å². The molecule has 0 aromatic heterocycles. The summed E-state index contributed by atoms with van der Waals surface area (Å²) in [6.45, 7) is 6.34. The summed E-state index contributed by atoms with van der Waals surface area (Å²) < 4.78 is 0. The van der Waals surface area contributed by atoms with Crippen LogP contribution in [0, 0.1) is 0 Å². The Kier molecular flexibility index (Phi) is 1.58. The molecule has 0 fully saturated rings. The van der Waals surface area contributed by atoms with Gasteiger partial charge in [0.25, 0.3) is 0 Å². The number of aliphatic imine (C=N–C) groups is 1. The van der Waals surface area contributed by atoms with E-state index in [1.165, 1.54) is 0 Å². The van der Waals surface area contributed by atoms with E-state index in [0.29, 0.717) is 6.04 Å². The summed E-state index contributed by atoms with van der Waals surface area (Å²) in [5.74, 6) is 0. The molecule has 0 amide bonds. The molecular formula is C7H14N2. The van der Waals surface area contributed by atoms with Crippen molar-refractivity contribution in [3.8, 4) is 0 Å². The molecule has 52 valence electrons. The molecule has 0 bridgehead atoms. The maximum absolute atomic E-state index is 4.28. The van der Waals surface area contributed by atoms with Crippen molar-refractivity contribution < 1.29 is 0 Å². The zero-order valence-electron chi connectivity index (χ0n) is 6.31. The molecule has 1 aliphatic rings. The van der Waals surface area contributed by atoms with Gasteiger partial charge in [0.1, 0.15) is 5.66 Å². The second-order valence-electron chi connectivity index (χ2n) is 3.15. The van der Waals surface area contributed by atoms with Crippen LogP contribution in [0.4, 0.5) is 0 Å². The highest BCUT2D eigenvalue weighted by molar-refractivity contribution is 5.59. The largest absolute Gasteiger partial charge is 0.291 e. The van der Waals surface area contributed by atoms with Crippen molar-refractivity contribution in [2.45, 2.75) is 38.9 Å². The molecule has 1 aliphatic heterocycles. The van der Waals surface area contributed by atoms with E-state index in [0.717, 1.165) is 6.42 Å². The molecule has 0 aliphatic carbocycles. The van der Waals surface area contributed by atoms with Crippen molar-refractivity contribution >= 4 is 6.21 Å². The van der Waals surface area contributed by atoms with Crippen LogP contribution in [0.1, 0.15) is 27.2 Å². The smallest absolute Gasteiger partial charge is 0.104 e. The molecule has 2 nitrogen and oxygen atoms in total. The number of rotatable bonds is 0. The molecule has 9 heavy (non-hydrogen) atoms. The molecule has 0 saturated carbocycles. The lowest BCUT2D eigenvalue weighted by molar-refractivity contribution is 0.347. The minimum atomic E-state index is -0.0301. The molecule has 1 unspecified atom stereocenters. The van der Waals surface area contributed by atoms with Gasteiger partial charge in [-0.2, -0.15) is 0 Å². The van der Waals surface area contributed by atoms with E-state index < -0.39 is 0 Å². The first-order valence-corrected chi connectivity index (χ1v) is 3.41. The van der Waals surface area contributed by atoms with Crippen LogP contribution in [-0.2, 0) is 0 Å². The minimum Gasteiger partial charge on any atom is -0.291 e. The van der Waals surface area contributed by atoms with Crippen LogP contribution >= 0.6 is 0 Å². The normalized spacial score (nSPS) is 32.6. The van der Waals surface area contributed by atoms with Crippen LogP contribution in [0.25, 0.3) is 0 Å². The Morgan fingerprint density at radius 2 is 2.33 bits per heavy atom. The first-order valence-electron chi connectivity index (χ1n) is 3.41.